The second kappa shape index (κ2) is 13.1. The number of amides is 3. The lowest BCUT2D eigenvalue weighted by molar-refractivity contribution is -0.136. The Morgan fingerprint density at radius 1 is 0.861 bits per heavy atom. The molecule has 0 aliphatic heterocycles. The Labute approximate surface area is 208 Å². The summed E-state index contributed by atoms with van der Waals surface area (Å²) in [5, 5.41) is 8.99. The van der Waals surface area contributed by atoms with E-state index in [0.29, 0.717) is 35.0 Å². The normalized spacial score (nSPS) is 10.4. The zero-order chi connectivity index (χ0) is 25.8. The monoisotopic (exact) mass is 490 g/mol. The van der Waals surface area contributed by atoms with Crippen LogP contribution >= 0.6 is 0 Å². The molecule has 0 radical (unpaired) electrons. The van der Waals surface area contributed by atoms with Gasteiger partial charge in [0.15, 0.2) is 6.61 Å². The van der Waals surface area contributed by atoms with E-state index in [4.69, 9.17) is 14.2 Å². The standard InChI is InChI=1S/C26H26N4O6/c1-3-35-20-13-11-19(12-14-20)28-24(31)17-36-21-8-6-7-18(15-21)16-27-30-26(33)25(32)29-22-9-4-5-10-23(22)34-2/h4-16H,3,17H2,1-2H3,(H,28,31)(H,29,32)(H,30,33)/b27-16-. The molecule has 186 valence electrons. The van der Waals surface area contributed by atoms with Gasteiger partial charge in [0.2, 0.25) is 0 Å². The number of nitrogens with zero attached hydrogens (tertiary/aromatic N) is 1. The fraction of sp³-hybridized carbons (Fsp3) is 0.154. The second-order valence-corrected chi connectivity index (χ2v) is 7.22. The minimum atomic E-state index is -0.949. The van der Waals surface area contributed by atoms with Crippen LogP contribution in [0.4, 0.5) is 11.4 Å². The zero-order valence-corrected chi connectivity index (χ0v) is 19.8. The van der Waals surface area contributed by atoms with Crippen LogP contribution in [0.2, 0.25) is 0 Å². The first-order valence-corrected chi connectivity index (χ1v) is 11.0. The molecule has 0 atom stereocenters. The molecule has 0 aliphatic carbocycles. The van der Waals surface area contributed by atoms with Gasteiger partial charge in [-0.05, 0) is 61.0 Å². The number of nitrogens with one attached hydrogen (secondary N) is 3. The molecule has 0 spiro atoms. The zero-order valence-electron chi connectivity index (χ0n) is 19.8. The number of ether oxygens (including phenoxy) is 3. The Morgan fingerprint density at radius 2 is 1.64 bits per heavy atom. The summed E-state index contributed by atoms with van der Waals surface area (Å²) in [6.07, 6.45) is 1.35. The van der Waals surface area contributed by atoms with Crippen molar-refractivity contribution in [1.29, 1.82) is 0 Å². The maximum Gasteiger partial charge on any atom is 0.329 e. The van der Waals surface area contributed by atoms with Crippen LogP contribution in [-0.4, -0.2) is 44.3 Å². The number of hydrogen-bond acceptors (Lipinski definition) is 7. The van der Waals surface area contributed by atoms with Gasteiger partial charge in [-0.3, -0.25) is 14.4 Å². The summed E-state index contributed by atoms with van der Waals surface area (Å²) in [5.41, 5.74) is 3.73. The summed E-state index contributed by atoms with van der Waals surface area (Å²) in [7, 11) is 1.46. The molecule has 0 saturated heterocycles. The molecule has 0 aliphatic rings. The van der Waals surface area contributed by atoms with Gasteiger partial charge >= 0.3 is 11.8 Å². The average molecular weight is 491 g/mol. The van der Waals surface area contributed by atoms with Gasteiger partial charge in [0.05, 0.1) is 25.6 Å². The summed E-state index contributed by atoms with van der Waals surface area (Å²) >= 11 is 0. The molecule has 36 heavy (non-hydrogen) atoms. The molecule has 3 N–H and O–H groups in total. The molecule has 0 heterocycles. The fourth-order valence-electron chi connectivity index (χ4n) is 2.97. The van der Waals surface area contributed by atoms with Crippen molar-refractivity contribution in [2.24, 2.45) is 5.10 Å². The summed E-state index contributed by atoms with van der Waals surface area (Å²) < 4.78 is 16.0. The molecule has 0 bridgehead atoms. The van der Waals surface area contributed by atoms with E-state index in [0.717, 1.165) is 5.75 Å². The summed E-state index contributed by atoms with van der Waals surface area (Å²) in [6.45, 7) is 2.26. The van der Waals surface area contributed by atoms with Crippen LogP contribution in [0.25, 0.3) is 0 Å². The third kappa shape index (κ3) is 7.87. The van der Waals surface area contributed by atoms with Crippen LogP contribution in [0.1, 0.15) is 12.5 Å². The SMILES string of the molecule is CCOc1ccc(NC(=O)COc2cccc(/C=N\NC(=O)C(=O)Nc3ccccc3OC)c2)cc1. The number of carbonyl (C=O) groups excluding carboxylic acids is 3. The maximum atomic E-state index is 12.2. The van der Waals surface area contributed by atoms with Gasteiger partial charge < -0.3 is 24.8 Å². The van der Waals surface area contributed by atoms with Crippen molar-refractivity contribution in [2.75, 3.05) is 31.0 Å². The van der Waals surface area contributed by atoms with Crippen LogP contribution in [-0.2, 0) is 14.4 Å². The Hall–Kier alpha value is -4.86. The van der Waals surface area contributed by atoms with Crippen LogP contribution in [0.3, 0.4) is 0 Å². The highest BCUT2D eigenvalue weighted by atomic mass is 16.5. The second-order valence-electron chi connectivity index (χ2n) is 7.22. The number of anilines is 2. The highest BCUT2D eigenvalue weighted by Gasteiger charge is 2.15. The van der Waals surface area contributed by atoms with E-state index in [-0.39, 0.29) is 12.5 Å². The molecule has 0 aromatic heterocycles. The molecule has 3 aromatic carbocycles. The number of rotatable bonds is 10. The van der Waals surface area contributed by atoms with Gasteiger partial charge in [0, 0.05) is 5.69 Å². The predicted molar refractivity (Wildman–Crippen MR) is 136 cm³/mol. The number of hydrazone groups is 1. The Kier molecular flexibility index (Phi) is 9.40. The van der Waals surface area contributed by atoms with Gasteiger partial charge in [0.25, 0.3) is 5.91 Å². The van der Waals surface area contributed by atoms with Gasteiger partial charge in [-0.1, -0.05) is 24.3 Å². The molecule has 0 unspecified atom stereocenters. The molecule has 10 nitrogen and oxygen atoms in total. The van der Waals surface area contributed by atoms with Crippen LogP contribution in [0.15, 0.2) is 77.9 Å². The quantitative estimate of drug-likeness (QED) is 0.228. The third-order valence-electron chi connectivity index (χ3n) is 4.62. The van der Waals surface area contributed by atoms with Crippen molar-refractivity contribution < 1.29 is 28.6 Å². The number of para-hydroxylation sites is 2. The number of methoxy groups -OCH3 is 1. The number of carbonyl (C=O) groups is 3. The Bertz CT molecular complexity index is 1230. The van der Waals surface area contributed by atoms with E-state index in [1.807, 2.05) is 6.92 Å². The van der Waals surface area contributed by atoms with Crippen molar-refractivity contribution in [2.45, 2.75) is 6.92 Å². The van der Waals surface area contributed by atoms with Crippen molar-refractivity contribution >= 4 is 35.3 Å². The van der Waals surface area contributed by atoms with Crippen LogP contribution in [0, 0.1) is 0 Å². The highest BCUT2D eigenvalue weighted by Crippen LogP contribution is 2.22. The topological polar surface area (TPSA) is 127 Å². The van der Waals surface area contributed by atoms with E-state index < -0.39 is 11.8 Å². The molecule has 0 saturated carbocycles. The van der Waals surface area contributed by atoms with E-state index in [1.54, 1.807) is 72.8 Å². The maximum absolute atomic E-state index is 12.2. The van der Waals surface area contributed by atoms with Gasteiger partial charge in [0.1, 0.15) is 17.2 Å². The van der Waals surface area contributed by atoms with Gasteiger partial charge in [-0.25, -0.2) is 5.43 Å². The summed E-state index contributed by atoms with van der Waals surface area (Å²) in [4.78, 5) is 36.3. The molecular weight excluding hydrogens is 464 g/mol. The molecule has 0 fully saturated rings. The summed E-state index contributed by atoms with van der Waals surface area (Å²) in [6, 6.07) is 20.5. The Morgan fingerprint density at radius 3 is 2.39 bits per heavy atom. The predicted octanol–water partition coefficient (Wildman–Crippen LogP) is 3.20. The van der Waals surface area contributed by atoms with E-state index in [9.17, 15) is 14.4 Å². The molecule has 3 amide bonds. The number of hydrogen-bond donors (Lipinski definition) is 3. The minimum Gasteiger partial charge on any atom is -0.495 e. The molecular formula is C26H26N4O6. The lowest BCUT2D eigenvalue weighted by Crippen LogP contribution is -2.32. The van der Waals surface area contributed by atoms with E-state index >= 15 is 0 Å². The van der Waals surface area contributed by atoms with Gasteiger partial charge in [-0.2, -0.15) is 5.10 Å². The van der Waals surface area contributed by atoms with Crippen molar-refractivity contribution in [3.05, 3.63) is 78.4 Å². The van der Waals surface area contributed by atoms with Crippen molar-refractivity contribution in [1.82, 2.24) is 5.43 Å². The van der Waals surface area contributed by atoms with Crippen molar-refractivity contribution in [3.8, 4) is 17.2 Å². The first-order chi connectivity index (χ1) is 17.5. The Balaban J connectivity index is 1.47. The minimum absolute atomic E-state index is 0.201. The van der Waals surface area contributed by atoms with Crippen LogP contribution < -0.4 is 30.3 Å². The molecule has 3 aromatic rings. The third-order valence-corrected chi connectivity index (χ3v) is 4.62. The molecule has 10 heteroatoms. The average Bonchev–Trinajstić information content (AvgIpc) is 2.89. The van der Waals surface area contributed by atoms with E-state index in [2.05, 4.69) is 21.2 Å². The van der Waals surface area contributed by atoms with E-state index in [1.165, 1.54) is 13.3 Å². The van der Waals surface area contributed by atoms with Crippen molar-refractivity contribution in [3.63, 3.8) is 0 Å². The smallest absolute Gasteiger partial charge is 0.329 e. The van der Waals surface area contributed by atoms with Gasteiger partial charge in [-0.15, -0.1) is 0 Å². The lowest BCUT2D eigenvalue weighted by Gasteiger charge is -2.09. The molecule has 3 rings (SSSR count). The summed E-state index contributed by atoms with van der Waals surface area (Å²) in [5.74, 6) is -0.596. The highest BCUT2D eigenvalue weighted by molar-refractivity contribution is 6.39. The fourth-order valence-corrected chi connectivity index (χ4v) is 2.97. The largest absolute Gasteiger partial charge is 0.495 e. The first-order valence-electron chi connectivity index (χ1n) is 11.0. The lowest BCUT2D eigenvalue weighted by atomic mass is 10.2. The van der Waals surface area contributed by atoms with Crippen LogP contribution in [0.5, 0.6) is 17.2 Å². The first kappa shape index (κ1) is 25.8. The number of benzene rings is 3.